The van der Waals surface area contributed by atoms with Gasteiger partial charge in [-0.1, -0.05) is 43.3 Å². The Labute approximate surface area is 234 Å². The molecule has 7 nitrogen and oxygen atoms in total. The highest BCUT2D eigenvalue weighted by atomic mass is 32.2. The Balaban J connectivity index is 1.78. The number of hydrogen-bond acceptors (Lipinski definition) is 6. The number of aliphatic carboxylic acids is 1. The summed E-state index contributed by atoms with van der Waals surface area (Å²) in [6.45, 7) is 2.36. The smallest absolute Gasteiger partial charge is 0.326 e. The average molecular weight is 550 g/mol. The fourth-order valence-electron chi connectivity index (χ4n) is 5.12. The number of carbonyl (C=O) groups excluding carboxylic acids is 1. The van der Waals surface area contributed by atoms with Crippen LogP contribution in [-0.2, 0) is 14.3 Å². The second-order valence-electron chi connectivity index (χ2n) is 9.61. The standard InChI is InChI=1S/C31H35NO6S/c1-21(29(33)32-19-5-6-28(32)30(34)35)20-39-31(22-7-13-25(36-2)14-8-22,23-9-15-26(37-3)16-10-23)24-11-17-27(38-4)18-12-24/h7-18,21,28H,5-6,19-20H2,1-4H3,(H,34,35)/t21-,28-/m0/s1. The van der Waals surface area contributed by atoms with Crippen LogP contribution < -0.4 is 14.2 Å². The van der Waals surface area contributed by atoms with E-state index in [-0.39, 0.29) is 11.8 Å². The Bertz CT molecular complexity index is 1140. The van der Waals surface area contributed by atoms with E-state index < -0.39 is 16.8 Å². The van der Waals surface area contributed by atoms with E-state index in [1.54, 1.807) is 33.1 Å². The number of carboxylic acid groups (broad SMARTS) is 1. The summed E-state index contributed by atoms with van der Waals surface area (Å²) >= 11 is 1.66. The normalized spacial score (nSPS) is 16.0. The highest BCUT2D eigenvalue weighted by molar-refractivity contribution is 8.00. The van der Waals surface area contributed by atoms with Crippen molar-refractivity contribution in [3.63, 3.8) is 0 Å². The van der Waals surface area contributed by atoms with Crippen LogP contribution in [0.5, 0.6) is 17.2 Å². The molecule has 4 rings (SSSR count). The van der Waals surface area contributed by atoms with Crippen molar-refractivity contribution in [3.05, 3.63) is 89.5 Å². The van der Waals surface area contributed by atoms with Gasteiger partial charge < -0.3 is 24.2 Å². The van der Waals surface area contributed by atoms with Gasteiger partial charge in [-0.15, -0.1) is 11.8 Å². The molecule has 1 saturated heterocycles. The third kappa shape index (κ3) is 5.86. The number of rotatable bonds is 11. The second-order valence-corrected chi connectivity index (χ2v) is 10.8. The minimum absolute atomic E-state index is 0.125. The molecule has 3 aromatic rings. The molecule has 0 bridgehead atoms. The third-order valence-electron chi connectivity index (χ3n) is 7.28. The predicted octanol–water partition coefficient (Wildman–Crippen LogP) is 5.45. The molecule has 0 aliphatic carbocycles. The molecule has 1 aliphatic heterocycles. The number of likely N-dealkylation sites (tertiary alicyclic amines) is 1. The summed E-state index contributed by atoms with van der Waals surface area (Å²) in [6.07, 6.45) is 1.20. The molecular formula is C31H35NO6S. The van der Waals surface area contributed by atoms with Gasteiger partial charge in [-0.25, -0.2) is 4.79 Å². The van der Waals surface area contributed by atoms with Gasteiger partial charge in [0.25, 0.3) is 0 Å². The van der Waals surface area contributed by atoms with Gasteiger partial charge in [0.05, 0.1) is 26.1 Å². The molecule has 206 valence electrons. The van der Waals surface area contributed by atoms with Crippen molar-refractivity contribution >= 4 is 23.6 Å². The molecule has 8 heteroatoms. The Hall–Kier alpha value is -3.65. The van der Waals surface area contributed by atoms with E-state index in [1.165, 1.54) is 4.90 Å². The first-order valence-electron chi connectivity index (χ1n) is 12.9. The molecule has 0 aromatic heterocycles. The molecule has 0 unspecified atom stereocenters. The molecule has 39 heavy (non-hydrogen) atoms. The first kappa shape index (κ1) is 28.4. The summed E-state index contributed by atoms with van der Waals surface area (Å²) in [4.78, 5) is 26.7. The number of nitrogens with zero attached hydrogens (tertiary/aromatic N) is 1. The number of ether oxygens (including phenoxy) is 3. The Morgan fingerprint density at radius 3 is 1.62 bits per heavy atom. The van der Waals surface area contributed by atoms with Crippen molar-refractivity contribution in [3.8, 4) is 17.2 Å². The van der Waals surface area contributed by atoms with Gasteiger partial charge in [0.1, 0.15) is 23.3 Å². The van der Waals surface area contributed by atoms with Crippen molar-refractivity contribution in [2.24, 2.45) is 5.92 Å². The summed E-state index contributed by atoms with van der Waals surface area (Å²) < 4.78 is 15.6. The number of carbonyl (C=O) groups is 2. The molecule has 0 radical (unpaired) electrons. The van der Waals surface area contributed by atoms with Gasteiger partial charge in [-0.05, 0) is 65.9 Å². The molecule has 0 saturated carbocycles. The van der Waals surface area contributed by atoms with Gasteiger partial charge in [0.15, 0.2) is 0 Å². The lowest BCUT2D eigenvalue weighted by Crippen LogP contribution is -2.43. The first-order valence-corrected chi connectivity index (χ1v) is 13.9. The van der Waals surface area contributed by atoms with Crippen LogP contribution in [0.25, 0.3) is 0 Å². The molecule has 1 aliphatic rings. The number of hydrogen-bond donors (Lipinski definition) is 1. The average Bonchev–Trinajstić information content (AvgIpc) is 3.48. The maximum atomic E-state index is 13.4. The topological polar surface area (TPSA) is 85.3 Å². The van der Waals surface area contributed by atoms with Crippen LogP contribution in [0.4, 0.5) is 0 Å². The predicted molar refractivity (Wildman–Crippen MR) is 153 cm³/mol. The maximum Gasteiger partial charge on any atom is 0.326 e. The number of amides is 1. The molecular weight excluding hydrogens is 514 g/mol. The molecule has 1 amide bonds. The van der Waals surface area contributed by atoms with Crippen molar-refractivity contribution in [1.29, 1.82) is 0 Å². The van der Waals surface area contributed by atoms with E-state index in [9.17, 15) is 14.7 Å². The van der Waals surface area contributed by atoms with E-state index in [2.05, 4.69) is 0 Å². The van der Waals surface area contributed by atoms with Crippen LogP contribution in [0.1, 0.15) is 36.5 Å². The number of carboxylic acids is 1. The van der Waals surface area contributed by atoms with E-state index in [4.69, 9.17) is 14.2 Å². The SMILES string of the molecule is COc1ccc(C(SC[C@H](C)C(=O)N2CCC[C@H]2C(=O)O)(c2ccc(OC)cc2)c2ccc(OC)cc2)cc1. The number of benzene rings is 3. The molecule has 0 spiro atoms. The number of thioether (sulfide) groups is 1. The van der Waals surface area contributed by atoms with Crippen LogP contribution in [-0.4, -0.2) is 61.6 Å². The molecule has 1 heterocycles. The van der Waals surface area contributed by atoms with Crippen LogP contribution >= 0.6 is 11.8 Å². The Morgan fingerprint density at radius 2 is 1.26 bits per heavy atom. The molecule has 3 aromatic carbocycles. The monoisotopic (exact) mass is 549 g/mol. The molecule has 1 fully saturated rings. The largest absolute Gasteiger partial charge is 0.497 e. The lowest BCUT2D eigenvalue weighted by atomic mass is 9.84. The van der Waals surface area contributed by atoms with E-state index in [1.807, 2.05) is 79.7 Å². The van der Waals surface area contributed by atoms with Crippen molar-refractivity contribution in [2.75, 3.05) is 33.6 Å². The van der Waals surface area contributed by atoms with Gasteiger partial charge in [-0.3, -0.25) is 4.79 Å². The zero-order valence-corrected chi connectivity index (χ0v) is 23.6. The van der Waals surface area contributed by atoms with Crippen molar-refractivity contribution in [2.45, 2.75) is 30.6 Å². The fourth-order valence-corrected chi connectivity index (χ4v) is 6.67. The number of methoxy groups -OCH3 is 3. The first-order chi connectivity index (χ1) is 18.8. The van der Waals surface area contributed by atoms with Gasteiger partial charge in [0.2, 0.25) is 5.91 Å². The van der Waals surface area contributed by atoms with E-state index in [0.717, 1.165) is 33.9 Å². The lowest BCUT2D eigenvalue weighted by molar-refractivity contribution is -0.149. The summed E-state index contributed by atoms with van der Waals surface area (Å²) in [5.74, 6) is 1.28. The van der Waals surface area contributed by atoms with Gasteiger partial charge in [-0.2, -0.15) is 0 Å². The third-order valence-corrected chi connectivity index (χ3v) is 9.09. The summed E-state index contributed by atoms with van der Waals surface area (Å²) in [5, 5.41) is 9.62. The minimum Gasteiger partial charge on any atom is -0.497 e. The van der Waals surface area contributed by atoms with E-state index >= 15 is 0 Å². The maximum absolute atomic E-state index is 13.4. The van der Waals surface area contributed by atoms with Gasteiger partial charge >= 0.3 is 5.97 Å². The quantitative estimate of drug-likeness (QED) is 0.319. The molecule has 2 atom stereocenters. The highest BCUT2D eigenvalue weighted by Crippen LogP contribution is 2.50. The zero-order chi connectivity index (χ0) is 28.0. The summed E-state index contributed by atoms with van der Waals surface area (Å²) in [6, 6.07) is 23.2. The van der Waals surface area contributed by atoms with Gasteiger partial charge in [0, 0.05) is 18.2 Å². The van der Waals surface area contributed by atoms with Crippen molar-refractivity contribution in [1.82, 2.24) is 4.90 Å². The second kappa shape index (κ2) is 12.5. The van der Waals surface area contributed by atoms with Crippen molar-refractivity contribution < 1.29 is 28.9 Å². The Morgan fingerprint density at radius 1 is 0.846 bits per heavy atom. The lowest BCUT2D eigenvalue weighted by Gasteiger charge is -2.37. The highest BCUT2D eigenvalue weighted by Gasteiger charge is 2.40. The molecule has 1 N–H and O–H groups in total. The zero-order valence-electron chi connectivity index (χ0n) is 22.8. The minimum atomic E-state index is -0.940. The van der Waals surface area contributed by atoms with Crippen LogP contribution in [0, 0.1) is 5.92 Å². The van der Waals surface area contributed by atoms with Crippen LogP contribution in [0.2, 0.25) is 0 Å². The van der Waals surface area contributed by atoms with Crippen LogP contribution in [0.3, 0.4) is 0 Å². The van der Waals surface area contributed by atoms with E-state index in [0.29, 0.717) is 25.1 Å². The summed E-state index contributed by atoms with van der Waals surface area (Å²) in [7, 11) is 4.92. The fraction of sp³-hybridized carbons (Fsp3) is 0.355. The van der Waals surface area contributed by atoms with Crippen LogP contribution in [0.15, 0.2) is 72.8 Å². The summed E-state index contributed by atoms with van der Waals surface area (Å²) in [5.41, 5.74) is 3.06. The Kier molecular flexibility index (Phi) is 9.07.